The van der Waals surface area contributed by atoms with Crippen LogP contribution in [-0.4, -0.2) is 28.7 Å². The maximum atomic E-state index is 13.1. The summed E-state index contributed by atoms with van der Waals surface area (Å²) in [5, 5.41) is 3.89. The van der Waals surface area contributed by atoms with Crippen LogP contribution in [0.25, 0.3) is 11.2 Å². The number of imidazole rings is 1. The van der Waals surface area contributed by atoms with Crippen molar-refractivity contribution < 1.29 is 0 Å². The van der Waals surface area contributed by atoms with Crippen LogP contribution in [0.2, 0.25) is 10.0 Å². The Bertz CT molecular complexity index is 1360. The fourth-order valence-corrected chi connectivity index (χ4v) is 3.47. The van der Waals surface area contributed by atoms with Crippen LogP contribution >= 0.6 is 23.2 Å². The highest BCUT2D eigenvalue weighted by atomic mass is 35.5. The molecule has 0 aliphatic rings. The fraction of sp³-hybridized carbons (Fsp3) is 0.211. The summed E-state index contributed by atoms with van der Waals surface area (Å²) in [5.41, 5.74) is 1.08. The number of fused-ring (bicyclic) bond motifs is 1. The molecule has 0 saturated carbocycles. The summed E-state index contributed by atoms with van der Waals surface area (Å²) in [6.45, 7) is 0.433. The van der Waals surface area contributed by atoms with Crippen LogP contribution in [0, 0.1) is 0 Å². The van der Waals surface area contributed by atoms with Gasteiger partial charge in [-0.2, -0.15) is 4.98 Å². The summed E-state index contributed by atoms with van der Waals surface area (Å²) in [7, 11) is 3.29. The molecule has 1 N–H and O–H groups in total. The minimum absolute atomic E-state index is 0.0614. The molecule has 1 aromatic carbocycles. The average molecular weight is 446 g/mol. The lowest BCUT2D eigenvalue weighted by Crippen LogP contribution is -2.39. The number of nitrogens with zero attached hydrogens (tertiary/aromatic N) is 6. The second-order valence-electron chi connectivity index (χ2n) is 6.70. The molecule has 0 radical (unpaired) electrons. The summed E-state index contributed by atoms with van der Waals surface area (Å²) >= 11 is 12.0. The first-order valence-electron chi connectivity index (χ1n) is 8.95. The van der Waals surface area contributed by atoms with Gasteiger partial charge in [-0.3, -0.25) is 23.9 Å². The molecule has 0 aliphatic heterocycles. The SMILES string of the molecule is Cn1c(NCc2cnccn2)nc2c1c(=O)n(Cc1ccc(Cl)c(Cl)c1)c(=O)n2C. The Balaban J connectivity index is 1.76. The van der Waals surface area contributed by atoms with Crippen LogP contribution in [0.15, 0.2) is 46.4 Å². The number of hydrogen-bond acceptors (Lipinski definition) is 6. The highest BCUT2D eigenvalue weighted by molar-refractivity contribution is 6.42. The Kier molecular flexibility index (Phi) is 5.31. The zero-order valence-corrected chi connectivity index (χ0v) is 17.6. The van der Waals surface area contributed by atoms with Gasteiger partial charge >= 0.3 is 5.69 Å². The van der Waals surface area contributed by atoms with E-state index in [-0.39, 0.29) is 6.54 Å². The Labute approximate surface area is 180 Å². The van der Waals surface area contributed by atoms with Crippen molar-refractivity contribution in [2.24, 2.45) is 14.1 Å². The van der Waals surface area contributed by atoms with Gasteiger partial charge in [0.15, 0.2) is 11.2 Å². The number of hydrogen-bond donors (Lipinski definition) is 1. The summed E-state index contributed by atoms with van der Waals surface area (Å²) < 4.78 is 4.12. The van der Waals surface area contributed by atoms with Crippen LogP contribution in [-0.2, 0) is 27.2 Å². The van der Waals surface area contributed by atoms with Gasteiger partial charge in [-0.1, -0.05) is 29.3 Å². The first-order chi connectivity index (χ1) is 14.4. The molecule has 154 valence electrons. The zero-order valence-electron chi connectivity index (χ0n) is 16.1. The molecule has 0 amide bonds. The normalized spacial score (nSPS) is 11.2. The van der Waals surface area contributed by atoms with Crippen molar-refractivity contribution in [2.75, 3.05) is 5.32 Å². The van der Waals surface area contributed by atoms with Crippen molar-refractivity contribution in [2.45, 2.75) is 13.1 Å². The van der Waals surface area contributed by atoms with Gasteiger partial charge in [0.05, 0.1) is 35.0 Å². The molecule has 3 heterocycles. The topological polar surface area (TPSA) is 99.6 Å². The molecule has 0 spiro atoms. The number of anilines is 1. The molecule has 4 aromatic rings. The van der Waals surface area contributed by atoms with E-state index in [0.29, 0.717) is 39.3 Å². The zero-order chi connectivity index (χ0) is 21.4. The summed E-state index contributed by atoms with van der Waals surface area (Å²) in [6.07, 6.45) is 4.82. The Hall–Kier alpha value is -3.17. The second-order valence-corrected chi connectivity index (χ2v) is 7.51. The molecule has 30 heavy (non-hydrogen) atoms. The van der Waals surface area contributed by atoms with Gasteiger partial charge in [-0.05, 0) is 17.7 Å². The first-order valence-corrected chi connectivity index (χ1v) is 9.71. The maximum Gasteiger partial charge on any atom is 0.332 e. The van der Waals surface area contributed by atoms with Crippen molar-refractivity contribution >= 4 is 40.3 Å². The molecule has 0 bridgehead atoms. The predicted octanol–water partition coefficient (Wildman–Crippen LogP) is 2.19. The van der Waals surface area contributed by atoms with Crippen molar-refractivity contribution in [1.29, 1.82) is 0 Å². The van der Waals surface area contributed by atoms with Gasteiger partial charge in [-0.25, -0.2) is 4.79 Å². The first kappa shape index (κ1) is 20.1. The quantitative estimate of drug-likeness (QED) is 0.505. The fourth-order valence-electron chi connectivity index (χ4n) is 3.15. The number of benzene rings is 1. The lowest BCUT2D eigenvalue weighted by molar-refractivity contribution is 0.655. The summed E-state index contributed by atoms with van der Waals surface area (Å²) in [4.78, 5) is 38.6. The molecule has 0 saturated heterocycles. The Morgan fingerprint density at radius 1 is 1.07 bits per heavy atom. The number of nitrogens with one attached hydrogen (secondary N) is 1. The van der Waals surface area contributed by atoms with E-state index in [1.807, 2.05) is 0 Å². The molecular formula is C19H17Cl2N7O2. The van der Waals surface area contributed by atoms with Crippen LogP contribution < -0.4 is 16.6 Å². The van der Waals surface area contributed by atoms with Gasteiger partial charge in [0.25, 0.3) is 5.56 Å². The Morgan fingerprint density at radius 3 is 2.57 bits per heavy atom. The predicted molar refractivity (Wildman–Crippen MR) is 115 cm³/mol. The van der Waals surface area contributed by atoms with Crippen molar-refractivity contribution in [3.63, 3.8) is 0 Å². The number of aromatic nitrogens is 6. The standard InChI is InChI=1S/C19H17Cl2N7O2/c1-26-15-16(25-18(26)24-9-12-8-22-5-6-23-12)27(2)19(30)28(17(15)29)10-11-3-4-13(20)14(21)7-11/h3-8H,9-10H2,1-2H3,(H,24,25). The molecule has 11 heteroatoms. The van der Waals surface area contributed by atoms with Gasteiger partial charge in [-0.15, -0.1) is 0 Å². The molecule has 0 fully saturated rings. The van der Waals surface area contributed by atoms with Crippen LogP contribution in [0.1, 0.15) is 11.3 Å². The smallest absolute Gasteiger partial charge is 0.332 e. The van der Waals surface area contributed by atoms with E-state index < -0.39 is 11.2 Å². The van der Waals surface area contributed by atoms with E-state index >= 15 is 0 Å². The molecule has 3 aromatic heterocycles. The van der Waals surface area contributed by atoms with Crippen LogP contribution in [0.5, 0.6) is 0 Å². The number of halogens is 2. The minimum atomic E-state index is -0.475. The van der Waals surface area contributed by atoms with Crippen molar-refractivity contribution in [3.8, 4) is 0 Å². The third kappa shape index (κ3) is 3.57. The maximum absolute atomic E-state index is 13.1. The monoisotopic (exact) mass is 445 g/mol. The molecule has 4 rings (SSSR count). The number of rotatable bonds is 5. The minimum Gasteiger partial charge on any atom is -0.350 e. The van der Waals surface area contributed by atoms with Crippen molar-refractivity contribution in [1.82, 2.24) is 28.7 Å². The average Bonchev–Trinajstić information content (AvgIpc) is 3.08. The third-order valence-electron chi connectivity index (χ3n) is 4.73. The lowest BCUT2D eigenvalue weighted by Gasteiger charge is -2.09. The van der Waals surface area contributed by atoms with E-state index in [1.54, 1.807) is 55.5 Å². The molecule has 0 atom stereocenters. The molecular weight excluding hydrogens is 429 g/mol. The summed E-state index contributed by atoms with van der Waals surface area (Å²) in [6, 6.07) is 4.99. The van der Waals surface area contributed by atoms with E-state index in [4.69, 9.17) is 23.2 Å². The molecule has 0 unspecified atom stereocenters. The van der Waals surface area contributed by atoms with Crippen LogP contribution in [0.3, 0.4) is 0 Å². The Morgan fingerprint density at radius 2 is 1.87 bits per heavy atom. The molecule has 0 aliphatic carbocycles. The lowest BCUT2D eigenvalue weighted by atomic mass is 10.2. The number of aryl methyl sites for hydroxylation is 2. The van der Waals surface area contributed by atoms with Gasteiger partial charge in [0.1, 0.15) is 0 Å². The van der Waals surface area contributed by atoms with Gasteiger partial charge in [0, 0.05) is 26.5 Å². The third-order valence-corrected chi connectivity index (χ3v) is 5.47. The molecule has 9 nitrogen and oxygen atoms in total. The second kappa shape index (κ2) is 7.92. The highest BCUT2D eigenvalue weighted by Gasteiger charge is 2.19. The van der Waals surface area contributed by atoms with E-state index in [1.165, 1.54) is 4.57 Å². The summed E-state index contributed by atoms with van der Waals surface area (Å²) in [5.74, 6) is 0.440. The van der Waals surface area contributed by atoms with Gasteiger partial charge < -0.3 is 9.88 Å². The highest BCUT2D eigenvalue weighted by Crippen LogP contribution is 2.23. The van der Waals surface area contributed by atoms with Gasteiger partial charge in [0.2, 0.25) is 5.95 Å². The van der Waals surface area contributed by atoms with Crippen LogP contribution in [0.4, 0.5) is 5.95 Å². The van der Waals surface area contributed by atoms with E-state index in [0.717, 1.165) is 10.3 Å². The van der Waals surface area contributed by atoms with E-state index in [9.17, 15) is 9.59 Å². The van der Waals surface area contributed by atoms with E-state index in [2.05, 4.69) is 20.3 Å². The largest absolute Gasteiger partial charge is 0.350 e. The van der Waals surface area contributed by atoms with Crippen molar-refractivity contribution in [3.05, 3.63) is 78.9 Å².